The highest BCUT2D eigenvalue weighted by atomic mass is 28.4. The number of ether oxygens (including phenoxy) is 1. The molecule has 0 saturated carbocycles. The van der Waals surface area contributed by atoms with Crippen LogP contribution in [0.5, 0.6) is 0 Å². The average Bonchev–Trinajstić information content (AvgIpc) is 2.30. The van der Waals surface area contributed by atoms with E-state index >= 15 is 0 Å². The van der Waals surface area contributed by atoms with Crippen LogP contribution in [0.25, 0.3) is 0 Å². The van der Waals surface area contributed by atoms with Gasteiger partial charge in [-0.05, 0) is 38.7 Å². The third kappa shape index (κ3) is 11.8. The Hall–Kier alpha value is 0.274. The van der Waals surface area contributed by atoms with Gasteiger partial charge in [-0.25, -0.2) is 0 Å². The fourth-order valence-corrected chi connectivity index (χ4v) is 9.80. The average molecular weight is 309 g/mol. The maximum atomic E-state index is 8.59. The molecule has 0 aromatic heterocycles. The molecule has 4 nitrogen and oxygen atoms in total. The van der Waals surface area contributed by atoms with Gasteiger partial charge < -0.3 is 18.4 Å². The molecule has 116 valence electrons. The molecule has 0 aromatic carbocycles. The van der Waals surface area contributed by atoms with Gasteiger partial charge in [0.2, 0.25) is 0 Å². The molecule has 0 spiro atoms. The van der Waals surface area contributed by atoms with Crippen molar-refractivity contribution in [2.75, 3.05) is 26.4 Å². The SMILES string of the molecule is CCCC[Si](C)(C)O[Si](C)(C)OCCCOCCO. The van der Waals surface area contributed by atoms with Crippen LogP contribution < -0.4 is 0 Å². The standard InChI is InChI=1S/C13H32O4Si2/c1-6-7-13-18(2,3)17-19(4,5)16-11-8-10-15-12-9-14/h14H,6-13H2,1-5H3. The van der Waals surface area contributed by atoms with Gasteiger partial charge in [0.15, 0.2) is 8.32 Å². The second-order valence-electron chi connectivity index (χ2n) is 5.90. The predicted molar refractivity (Wildman–Crippen MR) is 84.2 cm³/mol. The normalized spacial score (nSPS) is 12.9. The molecule has 0 radical (unpaired) electrons. The molecule has 0 aliphatic heterocycles. The van der Waals surface area contributed by atoms with Gasteiger partial charge in [-0.2, -0.15) is 0 Å². The Morgan fingerprint density at radius 3 is 2.21 bits per heavy atom. The summed E-state index contributed by atoms with van der Waals surface area (Å²) >= 11 is 0. The number of aliphatic hydroxyl groups excluding tert-OH is 1. The molecule has 0 heterocycles. The smallest absolute Gasteiger partial charge is 0.321 e. The topological polar surface area (TPSA) is 47.9 Å². The van der Waals surface area contributed by atoms with Gasteiger partial charge in [-0.3, -0.25) is 0 Å². The van der Waals surface area contributed by atoms with Gasteiger partial charge in [0.05, 0.1) is 13.2 Å². The minimum Gasteiger partial charge on any atom is -0.436 e. The Morgan fingerprint density at radius 2 is 1.63 bits per heavy atom. The van der Waals surface area contributed by atoms with Crippen molar-refractivity contribution >= 4 is 16.9 Å². The maximum absolute atomic E-state index is 8.59. The first-order valence-electron chi connectivity index (χ1n) is 7.36. The Balaban J connectivity index is 3.83. The first-order chi connectivity index (χ1) is 8.83. The van der Waals surface area contributed by atoms with Crippen LogP contribution in [-0.4, -0.2) is 48.4 Å². The minimum atomic E-state index is -2.00. The van der Waals surface area contributed by atoms with E-state index in [0.717, 1.165) is 6.42 Å². The minimum absolute atomic E-state index is 0.0848. The van der Waals surface area contributed by atoms with Crippen LogP contribution in [0.4, 0.5) is 0 Å². The summed E-state index contributed by atoms with van der Waals surface area (Å²) in [4.78, 5) is 0. The van der Waals surface area contributed by atoms with Crippen LogP contribution in [0.15, 0.2) is 0 Å². The molecule has 0 amide bonds. The highest BCUT2D eigenvalue weighted by Crippen LogP contribution is 2.21. The molecule has 0 aromatic rings. The molecule has 1 N–H and O–H groups in total. The molecule has 0 aliphatic carbocycles. The zero-order valence-electron chi connectivity index (χ0n) is 13.3. The largest absolute Gasteiger partial charge is 0.436 e. The van der Waals surface area contributed by atoms with E-state index in [9.17, 15) is 0 Å². The van der Waals surface area contributed by atoms with E-state index in [1.54, 1.807) is 0 Å². The summed E-state index contributed by atoms with van der Waals surface area (Å²) in [6.07, 6.45) is 3.33. The van der Waals surface area contributed by atoms with E-state index in [1.165, 1.54) is 18.9 Å². The van der Waals surface area contributed by atoms with Crippen molar-refractivity contribution < 1.29 is 18.4 Å². The Morgan fingerprint density at radius 1 is 0.947 bits per heavy atom. The quantitative estimate of drug-likeness (QED) is 0.444. The summed E-state index contributed by atoms with van der Waals surface area (Å²) in [5.41, 5.74) is 0. The number of unbranched alkanes of at least 4 members (excludes halogenated alkanes) is 1. The third-order valence-corrected chi connectivity index (χ3v) is 9.41. The van der Waals surface area contributed by atoms with Crippen LogP contribution >= 0.6 is 0 Å². The van der Waals surface area contributed by atoms with E-state index in [1.807, 2.05) is 0 Å². The van der Waals surface area contributed by atoms with Crippen LogP contribution in [0.1, 0.15) is 26.2 Å². The van der Waals surface area contributed by atoms with Crippen molar-refractivity contribution in [3.63, 3.8) is 0 Å². The Bertz CT molecular complexity index is 223. The summed E-state index contributed by atoms with van der Waals surface area (Å²) in [5.74, 6) is 0. The Labute approximate surface area is 120 Å². The lowest BCUT2D eigenvalue weighted by Gasteiger charge is -2.33. The van der Waals surface area contributed by atoms with Crippen LogP contribution in [-0.2, 0) is 13.3 Å². The summed E-state index contributed by atoms with van der Waals surface area (Å²) < 4.78 is 17.5. The molecule has 0 unspecified atom stereocenters. The lowest BCUT2D eigenvalue weighted by atomic mass is 10.4. The highest BCUT2D eigenvalue weighted by Gasteiger charge is 2.33. The molecule has 0 bridgehead atoms. The fourth-order valence-electron chi connectivity index (χ4n) is 1.99. The second-order valence-corrected chi connectivity index (χ2v) is 13.8. The zero-order valence-corrected chi connectivity index (χ0v) is 15.3. The van der Waals surface area contributed by atoms with Crippen molar-refractivity contribution in [1.82, 2.24) is 0 Å². The van der Waals surface area contributed by atoms with Gasteiger partial charge in [-0.1, -0.05) is 19.8 Å². The van der Waals surface area contributed by atoms with Gasteiger partial charge in [0.25, 0.3) is 0 Å². The summed E-state index contributed by atoms with van der Waals surface area (Å²) in [7, 11) is -3.57. The highest BCUT2D eigenvalue weighted by molar-refractivity contribution is 6.82. The molecule has 6 heteroatoms. The van der Waals surface area contributed by atoms with Gasteiger partial charge in [-0.15, -0.1) is 0 Å². The molecule has 0 fully saturated rings. The molecular weight excluding hydrogens is 276 g/mol. The lowest BCUT2D eigenvalue weighted by Crippen LogP contribution is -2.46. The third-order valence-electron chi connectivity index (χ3n) is 2.77. The molecule has 0 rings (SSSR count). The number of aliphatic hydroxyl groups is 1. The predicted octanol–water partition coefficient (Wildman–Crippen LogP) is 3.13. The van der Waals surface area contributed by atoms with Crippen LogP contribution in [0.3, 0.4) is 0 Å². The van der Waals surface area contributed by atoms with Gasteiger partial charge >= 0.3 is 8.56 Å². The maximum Gasteiger partial charge on any atom is 0.321 e. The summed E-state index contributed by atoms with van der Waals surface area (Å²) in [6, 6.07) is 1.21. The van der Waals surface area contributed by atoms with Crippen LogP contribution in [0, 0.1) is 0 Å². The van der Waals surface area contributed by atoms with Gasteiger partial charge in [0.1, 0.15) is 0 Å². The van der Waals surface area contributed by atoms with E-state index < -0.39 is 16.9 Å². The molecule has 0 atom stereocenters. The molecule has 19 heavy (non-hydrogen) atoms. The molecule has 0 saturated heterocycles. The van der Waals surface area contributed by atoms with E-state index in [4.69, 9.17) is 18.4 Å². The lowest BCUT2D eigenvalue weighted by molar-refractivity contribution is 0.0810. The van der Waals surface area contributed by atoms with Crippen molar-refractivity contribution in [2.24, 2.45) is 0 Å². The molecular formula is C13H32O4Si2. The Kier molecular flexibility index (Phi) is 10.2. The van der Waals surface area contributed by atoms with Crippen molar-refractivity contribution in [2.45, 2.75) is 58.4 Å². The van der Waals surface area contributed by atoms with Gasteiger partial charge in [0, 0.05) is 13.2 Å². The van der Waals surface area contributed by atoms with E-state index in [-0.39, 0.29) is 6.61 Å². The monoisotopic (exact) mass is 308 g/mol. The summed E-state index contributed by atoms with van der Waals surface area (Å²) in [6.45, 7) is 12.9. The molecule has 0 aliphatic rings. The van der Waals surface area contributed by atoms with E-state index in [2.05, 4.69) is 33.1 Å². The number of hydrogen-bond donors (Lipinski definition) is 1. The number of hydrogen-bond acceptors (Lipinski definition) is 4. The van der Waals surface area contributed by atoms with Crippen molar-refractivity contribution in [3.8, 4) is 0 Å². The zero-order chi connectivity index (χ0) is 14.8. The first kappa shape index (κ1) is 19.3. The van der Waals surface area contributed by atoms with Crippen molar-refractivity contribution in [1.29, 1.82) is 0 Å². The van der Waals surface area contributed by atoms with E-state index in [0.29, 0.717) is 19.8 Å². The number of rotatable bonds is 12. The van der Waals surface area contributed by atoms with Crippen LogP contribution in [0.2, 0.25) is 32.2 Å². The fraction of sp³-hybridized carbons (Fsp3) is 1.00. The van der Waals surface area contributed by atoms with Crippen molar-refractivity contribution in [3.05, 3.63) is 0 Å². The second kappa shape index (κ2) is 10.1. The first-order valence-corrected chi connectivity index (χ1v) is 13.3. The summed E-state index contributed by atoms with van der Waals surface area (Å²) in [5, 5.41) is 8.59.